The van der Waals surface area contributed by atoms with Crippen LogP contribution in [0.2, 0.25) is 0 Å². The van der Waals surface area contributed by atoms with Crippen molar-refractivity contribution in [3.63, 3.8) is 0 Å². The van der Waals surface area contributed by atoms with Gasteiger partial charge < -0.3 is 14.9 Å². The second-order valence-corrected chi connectivity index (χ2v) is 2.76. The Morgan fingerprint density at radius 2 is 1.58 bits per heavy atom. The van der Waals surface area contributed by atoms with E-state index in [0.717, 1.165) is 0 Å². The molecule has 0 amide bonds. The fourth-order valence-electron chi connectivity index (χ4n) is 0.562. The van der Waals surface area contributed by atoms with Gasteiger partial charge in [0, 0.05) is 6.08 Å². The Labute approximate surface area is 102 Å². The fourth-order valence-corrected chi connectivity index (χ4v) is 0.562. The maximum Gasteiger partial charge on any atom is 0.503 e. The van der Waals surface area contributed by atoms with E-state index in [4.69, 9.17) is 15.0 Å². The first-order valence-electron chi connectivity index (χ1n) is 4.17. The number of carboxylic acid groups (broad SMARTS) is 2. The van der Waals surface area contributed by atoms with Crippen LogP contribution in [-0.2, 0) is 9.53 Å². The van der Waals surface area contributed by atoms with Crippen molar-refractivity contribution < 1.29 is 50.9 Å². The molecule has 19 heavy (non-hydrogen) atoms. The molecule has 0 radical (unpaired) electrons. The molecule has 0 aliphatic carbocycles. The number of alkyl halides is 6. The van der Waals surface area contributed by atoms with E-state index in [0.29, 0.717) is 0 Å². The van der Waals surface area contributed by atoms with E-state index in [1.54, 1.807) is 0 Å². The van der Waals surface area contributed by atoms with Gasteiger partial charge in [0.25, 0.3) is 0 Å². The van der Waals surface area contributed by atoms with Crippen molar-refractivity contribution in [3.05, 3.63) is 12.7 Å². The summed E-state index contributed by atoms with van der Waals surface area (Å²) in [6.45, 7) is 2.73. The van der Waals surface area contributed by atoms with Gasteiger partial charge >= 0.3 is 24.4 Å². The molecule has 1 atom stereocenters. The molecule has 0 fully saturated rings. The lowest BCUT2D eigenvalue weighted by Gasteiger charge is -2.20. The standard InChI is InChI=1S/C7H6F6O2.CH2O3/c1-2-5(14)15-7(12,13)4(8)3-6(9,10)11;2-1(3)4/h2,4H,1,3H2;(H2,2,3,4). The molecule has 11 heteroatoms. The van der Waals surface area contributed by atoms with Crippen molar-refractivity contribution in [2.45, 2.75) is 24.9 Å². The van der Waals surface area contributed by atoms with E-state index in [9.17, 15) is 31.1 Å². The Hall–Kier alpha value is -1.94. The number of halogens is 6. The van der Waals surface area contributed by atoms with E-state index < -0.39 is 37.0 Å². The first-order chi connectivity index (χ1) is 8.31. The molecule has 0 aliphatic heterocycles. The van der Waals surface area contributed by atoms with Crippen LogP contribution in [0.5, 0.6) is 0 Å². The Morgan fingerprint density at radius 3 is 1.84 bits per heavy atom. The summed E-state index contributed by atoms with van der Waals surface area (Å²) < 4.78 is 74.9. The maximum absolute atomic E-state index is 12.4. The smallest absolute Gasteiger partial charge is 0.450 e. The lowest BCUT2D eigenvalue weighted by atomic mass is 10.2. The predicted molar refractivity (Wildman–Crippen MR) is 47.5 cm³/mol. The van der Waals surface area contributed by atoms with Crippen molar-refractivity contribution in [1.82, 2.24) is 0 Å². The van der Waals surface area contributed by atoms with Gasteiger partial charge in [-0.05, 0) is 0 Å². The predicted octanol–water partition coefficient (Wildman–Crippen LogP) is 2.82. The van der Waals surface area contributed by atoms with Crippen LogP contribution in [0, 0.1) is 0 Å². The van der Waals surface area contributed by atoms with E-state index in [1.807, 2.05) is 0 Å². The van der Waals surface area contributed by atoms with Crippen molar-refractivity contribution in [2.24, 2.45) is 0 Å². The van der Waals surface area contributed by atoms with Gasteiger partial charge in [-0.1, -0.05) is 6.58 Å². The molecule has 0 saturated carbocycles. The van der Waals surface area contributed by atoms with Gasteiger partial charge in [0.15, 0.2) is 0 Å². The Balaban J connectivity index is 0. The lowest BCUT2D eigenvalue weighted by molar-refractivity contribution is -0.274. The number of ether oxygens (including phenoxy) is 1. The third-order valence-electron chi connectivity index (χ3n) is 1.18. The topological polar surface area (TPSA) is 83.8 Å². The van der Waals surface area contributed by atoms with Gasteiger partial charge in [-0.3, -0.25) is 0 Å². The number of carbonyl (C=O) groups excluding carboxylic acids is 1. The molecule has 2 N–H and O–H groups in total. The fraction of sp³-hybridized carbons (Fsp3) is 0.500. The average Bonchev–Trinajstić information content (AvgIpc) is 2.13. The normalized spacial score (nSPS) is 12.7. The number of rotatable bonds is 4. The lowest BCUT2D eigenvalue weighted by Crippen LogP contribution is -2.38. The number of esters is 1. The first-order valence-corrected chi connectivity index (χ1v) is 4.17. The zero-order chi connectivity index (χ0) is 15.9. The highest BCUT2D eigenvalue weighted by Gasteiger charge is 2.49. The number of carbonyl (C=O) groups is 2. The Morgan fingerprint density at radius 1 is 1.21 bits per heavy atom. The van der Waals surface area contributed by atoms with Crippen LogP contribution < -0.4 is 0 Å². The first kappa shape index (κ1) is 19.4. The summed E-state index contributed by atoms with van der Waals surface area (Å²) in [5.41, 5.74) is 0. The number of hydrogen-bond donors (Lipinski definition) is 2. The molecule has 0 rings (SSSR count). The van der Waals surface area contributed by atoms with Crippen molar-refractivity contribution >= 4 is 12.1 Å². The quantitative estimate of drug-likeness (QED) is 0.473. The monoisotopic (exact) mass is 298 g/mol. The Kier molecular flexibility index (Phi) is 7.64. The van der Waals surface area contributed by atoms with Crippen molar-refractivity contribution in [1.29, 1.82) is 0 Å². The van der Waals surface area contributed by atoms with Crippen molar-refractivity contribution in [2.75, 3.05) is 0 Å². The molecule has 0 aromatic rings. The van der Waals surface area contributed by atoms with Crippen LogP contribution in [0.1, 0.15) is 6.42 Å². The molecule has 0 aromatic carbocycles. The van der Waals surface area contributed by atoms with Gasteiger partial charge in [-0.15, -0.1) is 0 Å². The molecule has 112 valence electrons. The summed E-state index contributed by atoms with van der Waals surface area (Å²) in [6, 6.07) is 0. The van der Waals surface area contributed by atoms with E-state index >= 15 is 0 Å². The molecule has 0 bridgehead atoms. The highest BCUT2D eigenvalue weighted by atomic mass is 19.4. The summed E-state index contributed by atoms with van der Waals surface area (Å²) in [5.74, 6) is -1.70. The molecular formula is C8H8F6O5. The maximum atomic E-state index is 12.4. The Bertz CT molecular complexity index is 322. The van der Waals surface area contributed by atoms with Crippen LogP contribution in [0.4, 0.5) is 31.1 Å². The molecular weight excluding hydrogens is 290 g/mol. The minimum absolute atomic E-state index is 0.286. The van der Waals surface area contributed by atoms with Crippen LogP contribution in [0.25, 0.3) is 0 Å². The van der Waals surface area contributed by atoms with E-state index in [1.165, 1.54) is 0 Å². The molecule has 0 aliphatic rings. The van der Waals surface area contributed by atoms with Crippen molar-refractivity contribution in [3.8, 4) is 0 Å². The average molecular weight is 298 g/mol. The summed E-state index contributed by atoms with van der Waals surface area (Å²) >= 11 is 0. The highest BCUT2D eigenvalue weighted by Crippen LogP contribution is 2.32. The van der Waals surface area contributed by atoms with Crippen LogP contribution in [-0.4, -0.2) is 40.8 Å². The van der Waals surface area contributed by atoms with E-state index in [-0.39, 0.29) is 6.08 Å². The number of hydrogen-bond acceptors (Lipinski definition) is 3. The zero-order valence-electron chi connectivity index (χ0n) is 8.96. The van der Waals surface area contributed by atoms with Gasteiger partial charge in [0.05, 0.1) is 6.42 Å². The summed E-state index contributed by atoms with van der Waals surface area (Å²) in [4.78, 5) is 18.8. The van der Waals surface area contributed by atoms with Crippen LogP contribution in [0.3, 0.4) is 0 Å². The van der Waals surface area contributed by atoms with Crippen LogP contribution >= 0.6 is 0 Å². The second kappa shape index (κ2) is 7.48. The van der Waals surface area contributed by atoms with Crippen LogP contribution in [0.15, 0.2) is 12.7 Å². The van der Waals surface area contributed by atoms with Gasteiger partial charge in [-0.25, -0.2) is 14.0 Å². The molecule has 0 aromatic heterocycles. The molecule has 5 nitrogen and oxygen atoms in total. The SMILES string of the molecule is C=CC(=O)OC(F)(F)C(F)CC(F)(F)F.O=C(O)O. The summed E-state index contributed by atoms with van der Waals surface area (Å²) in [6.07, 6.45) is -17.5. The largest absolute Gasteiger partial charge is 0.503 e. The molecule has 0 heterocycles. The molecule has 0 saturated heterocycles. The minimum atomic E-state index is -5.11. The zero-order valence-corrected chi connectivity index (χ0v) is 8.96. The third kappa shape index (κ3) is 12.3. The second-order valence-electron chi connectivity index (χ2n) is 2.76. The summed E-state index contributed by atoms with van der Waals surface area (Å²) in [7, 11) is 0. The highest BCUT2D eigenvalue weighted by molar-refractivity contribution is 5.81. The van der Waals surface area contributed by atoms with Gasteiger partial charge in [-0.2, -0.15) is 22.0 Å². The summed E-state index contributed by atoms with van der Waals surface area (Å²) in [5, 5.41) is 13.9. The minimum Gasteiger partial charge on any atom is -0.450 e. The van der Waals surface area contributed by atoms with Gasteiger partial charge in [0.1, 0.15) is 0 Å². The molecule has 1 unspecified atom stereocenters. The third-order valence-corrected chi connectivity index (χ3v) is 1.18. The molecule has 0 spiro atoms. The van der Waals surface area contributed by atoms with Gasteiger partial charge in [0.2, 0.25) is 6.17 Å². The van der Waals surface area contributed by atoms with E-state index in [2.05, 4.69) is 11.3 Å².